The van der Waals surface area contributed by atoms with Crippen LogP contribution >= 0.6 is 0 Å². The molecule has 0 radical (unpaired) electrons. The Hall–Kier alpha value is -2.40. The fourth-order valence-electron chi connectivity index (χ4n) is 4.04. The first-order valence-corrected chi connectivity index (χ1v) is 9.75. The number of aromatic nitrogens is 2. The van der Waals surface area contributed by atoms with Crippen molar-refractivity contribution in [2.24, 2.45) is 18.7 Å². The minimum atomic E-state index is -0.0232. The summed E-state index contributed by atoms with van der Waals surface area (Å²) in [5, 5.41) is 2.62. The van der Waals surface area contributed by atoms with Crippen LogP contribution in [0.4, 0.5) is 0 Å². The Kier molecular flexibility index (Phi) is 4.64. The van der Waals surface area contributed by atoms with Crippen LogP contribution in [0.1, 0.15) is 36.9 Å². The van der Waals surface area contributed by atoms with Crippen molar-refractivity contribution in [1.82, 2.24) is 9.55 Å². The quantitative estimate of drug-likeness (QED) is 0.701. The Morgan fingerprint density at radius 3 is 2.74 bits per heavy atom. The average Bonchev–Trinajstić information content (AvgIpc) is 2.57. The molecule has 1 atom stereocenters. The lowest BCUT2D eigenvalue weighted by molar-refractivity contribution is 0.214. The summed E-state index contributed by atoms with van der Waals surface area (Å²) >= 11 is 0. The lowest BCUT2D eigenvalue weighted by Gasteiger charge is -2.31. The van der Waals surface area contributed by atoms with Crippen molar-refractivity contribution >= 4 is 21.7 Å². The molecule has 4 rings (SSSR count). The number of nitrogens with zero attached hydrogens (tertiary/aromatic N) is 2. The number of nitrogens with two attached hydrogens (primary N) is 1. The molecule has 1 aromatic carbocycles. The standard InChI is InChI=1S/C22H27N3O2/c1-13-7-8-19-16(11-13)17-12-20(24-14(2)21(17)22(26)25(19)3)27-10-9-18(23)15-5-4-6-15/h7-8,11-12,15,18H,4-6,9-10,23H2,1-3H3. The molecule has 2 heterocycles. The molecule has 0 spiro atoms. The van der Waals surface area contributed by atoms with E-state index in [0.717, 1.165) is 28.3 Å². The second-order valence-electron chi connectivity index (χ2n) is 7.85. The van der Waals surface area contributed by atoms with Crippen molar-refractivity contribution in [3.8, 4) is 5.88 Å². The molecule has 27 heavy (non-hydrogen) atoms. The van der Waals surface area contributed by atoms with Gasteiger partial charge >= 0.3 is 0 Å². The van der Waals surface area contributed by atoms with Gasteiger partial charge in [-0.05, 0) is 51.2 Å². The maximum Gasteiger partial charge on any atom is 0.260 e. The fraction of sp³-hybridized carbons (Fsp3) is 0.455. The van der Waals surface area contributed by atoms with E-state index < -0.39 is 0 Å². The third-order valence-electron chi connectivity index (χ3n) is 5.96. The van der Waals surface area contributed by atoms with Gasteiger partial charge < -0.3 is 15.0 Å². The number of fused-ring (bicyclic) bond motifs is 3. The fourth-order valence-corrected chi connectivity index (χ4v) is 4.04. The van der Waals surface area contributed by atoms with Crippen LogP contribution in [0.25, 0.3) is 21.7 Å². The molecular formula is C22H27N3O2. The van der Waals surface area contributed by atoms with Gasteiger partial charge in [-0.25, -0.2) is 4.98 Å². The summed E-state index contributed by atoms with van der Waals surface area (Å²) in [4.78, 5) is 17.4. The number of pyridine rings is 2. The molecule has 0 bridgehead atoms. The minimum absolute atomic E-state index is 0.0232. The van der Waals surface area contributed by atoms with E-state index >= 15 is 0 Å². The van der Waals surface area contributed by atoms with E-state index in [1.807, 2.05) is 32.2 Å². The van der Waals surface area contributed by atoms with Gasteiger partial charge in [0.1, 0.15) is 0 Å². The molecule has 2 N–H and O–H groups in total. The van der Waals surface area contributed by atoms with Gasteiger partial charge in [0, 0.05) is 29.9 Å². The number of hydrogen-bond acceptors (Lipinski definition) is 4. The smallest absolute Gasteiger partial charge is 0.260 e. The van der Waals surface area contributed by atoms with Gasteiger partial charge in [-0.3, -0.25) is 4.79 Å². The first-order chi connectivity index (χ1) is 13.0. The summed E-state index contributed by atoms with van der Waals surface area (Å²) < 4.78 is 7.63. The molecule has 0 amide bonds. The molecule has 3 aromatic rings. The Labute approximate surface area is 159 Å². The average molecular weight is 365 g/mol. The summed E-state index contributed by atoms with van der Waals surface area (Å²) in [7, 11) is 1.81. The third kappa shape index (κ3) is 3.21. The maximum absolute atomic E-state index is 12.8. The molecule has 1 unspecified atom stereocenters. The monoisotopic (exact) mass is 365 g/mol. The summed E-state index contributed by atoms with van der Waals surface area (Å²) in [5.41, 5.74) is 9.00. The maximum atomic E-state index is 12.8. The van der Waals surface area contributed by atoms with E-state index in [-0.39, 0.29) is 11.6 Å². The summed E-state index contributed by atoms with van der Waals surface area (Å²) in [6, 6.07) is 8.25. The van der Waals surface area contributed by atoms with E-state index in [9.17, 15) is 4.79 Å². The normalized spacial score (nSPS) is 15.9. The largest absolute Gasteiger partial charge is 0.478 e. The van der Waals surface area contributed by atoms with Gasteiger partial charge in [0.25, 0.3) is 5.56 Å². The van der Waals surface area contributed by atoms with E-state index in [0.29, 0.717) is 29.5 Å². The topological polar surface area (TPSA) is 70.1 Å². The first kappa shape index (κ1) is 18.0. The molecule has 0 aliphatic heterocycles. The Bertz CT molecular complexity index is 1070. The van der Waals surface area contributed by atoms with Crippen molar-refractivity contribution in [2.45, 2.75) is 45.6 Å². The minimum Gasteiger partial charge on any atom is -0.478 e. The molecule has 0 saturated heterocycles. The lowest BCUT2D eigenvalue weighted by Crippen LogP contribution is -2.35. The van der Waals surface area contributed by atoms with Crippen LogP contribution in [0.2, 0.25) is 0 Å². The Balaban J connectivity index is 1.71. The highest BCUT2D eigenvalue weighted by atomic mass is 16.5. The molecule has 5 nitrogen and oxygen atoms in total. The van der Waals surface area contributed by atoms with Gasteiger partial charge in [0.2, 0.25) is 5.88 Å². The third-order valence-corrected chi connectivity index (χ3v) is 5.96. The summed E-state index contributed by atoms with van der Waals surface area (Å²) in [5.74, 6) is 1.21. The second-order valence-corrected chi connectivity index (χ2v) is 7.85. The zero-order chi connectivity index (χ0) is 19.1. The predicted octanol–water partition coefficient (Wildman–Crippen LogP) is 3.60. The van der Waals surface area contributed by atoms with Gasteiger partial charge in [-0.15, -0.1) is 0 Å². The molecule has 5 heteroatoms. The van der Waals surface area contributed by atoms with E-state index in [1.54, 1.807) is 4.57 Å². The van der Waals surface area contributed by atoms with Crippen molar-refractivity contribution in [1.29, 1.82) is 0 Å². The number of benzene rings is 1. The highest BCUT2D eigenvalue weighted by Crippen LogP contribution is 2.30. The zero-order valence-electron chi connectivity index (χ0n) is 16.3. The molecule has 1 aliphatic carbocycles. The van der Waals surface area contributed by atoms with Crippen LogP contribution in [0.3, 0.4) is 0 Å². The predicted molar refractivity (Wildman–Crippen MR) is 109 cm³/mol. The highest BCUT2D eigenvalue weighted by molar-refractivity contribution is 6.06. The Morgan fingerprint density at radius 1 is 1.26 bits per heavy atom. The van der Waals surface area contributed by atoms with Crippen LogP contribution in [0.15, 0.2) is 29.1 Å². The molecule has 1 aliphatic rings. The number of aryl methyl sites for hydroxylation is 3. The van der Waals surface area contributed by atoms with Crippen LogP contribution < -0.4 is 16.0 Å². The van der Waals surface area contributed by atoms with Gasteiger partial charge in [0.15, 0.2) is 0 Å². The first-order valence-electron chi connectivity index (χ1n) is 9.75. The zero-order valence-corrected chi connectivity index (χ0v) is 16.3. The number of hydrogen-bond donors (Lipinski definition) is 1. The number of rotatable bonds is 5. The van der Waals surface area contributed by atoms with Crippen LogP contribution in [0, 0.1) is 19.8 Å². The highest BCUT2D eigenvalue weighted by Gasteiger charge is 2.24. The van der Waals surface area contributed by atoms with Crippen molar-refractivity contribution < 1.29 is 4.74 Å². The van der Waals surface area contributed by atoms with Crippen molar-refractivity contribution in [3.05, 3.63) is 45.9 Å². The van der Waals surface area contributed by atoms with Gasteiger partial charge in [-0.1, -0.05) is 18.1 Å². The van der Waals surface area contributed by atoms with Crippen LogP contribution in [-0.4, -0.2) is 22.2 Å². The van der Waals surface area contributed by atoms with Crippen LogP contribution in [0.5, 0.6) is 5.88 Å². The Morgan fingerprint density at radius 2 is 2.04 bits per heavy atom. The number of ether oxygens (including phenoxy) is 1. The molecular weight excluding hydrogens is 338 g/mol. The van der Waals surface area contributed by atoms with Crippen molar-refractivity contribution in [3.63, 3.8) is 0 Å². The van der Waals surface area contributed by atoms with Gasteiger partial charge in [-0.2, -0.15) is 0 Å². The van der Waals surface area contributed by atoms with E-state index in [2.05, 4.69) is 18.0 Å². The van der Waals surface area contributed by atoms with Gasteiger partial charge in [0.05, 0.1) is 23.2 Å². The molecule has 1 fully saturated rings. The van der Waals surface area contributed by atoms with E-state index in [1.165, 1.54) is 19.3 Å². The van der Waals surface area contributed by atoms with E-state index in [4.69, 9.17) is 10.5 Å². The summed E-state index contributed by atoms with van der Waals surface area (Å²) in [6.07, 6.45) is 4.61. The SMILES string of the molecule is Cc1ccc2c(c1)c1cc(OCCC(N)C3CCC3)nc(C)c1c(=O)n2C. The molecule has 142 valence electrons. The molecule has 1 saturated carbocycles. The summed E-state index contributed by atoms with van der Waals surface area (Å²) in [6.45, 7) is 4.49. The van der Waals surface area contributed by atoms with Crippen molar-refractivity contribution in [2.75, 3.05) is 6.61 Å². The lowest BCUT2D eigenvalue weighted by atomic mass is 9.79. The van der Waals surface area contributed by atoms with Crippen LogP contribution in [-0.2, 0) is 7.05 Å². The second kappa shape index (κ2) is 6.97. The molecule has 2 aromatic heterocycles.